The lowest BCUT2D eigenvalue weighted by Gasteiger charge is -2.11. The van der Waals surface area contributed by atoms with Crippen molar-refractivity contribution in [2.45, 2.75) is 6.54 Å². The van der Waals surface area contributed by atoms with Gasteiger partial charge >= 0.3 is 5.97 Å². The van der Waals surface area contributed by atoms with Crippen LogP contribution in [-0.2, 0) is 11.3 Å². The monoisotopic (exact) mass is 264 g/mol. The molecule has 19 heavy (non-hydrogen) atoms. The Morgan fingerprint density at radius 2 is 2.11 bits per heavy atom. The van der Waals surface area contributed by atoms with Gasteiger partial charge in [-0.05, 0) is 12.1 Å². The Kier molecular flexibility index (Phi) is 3.37. The van der Waals surface area contributed by atoms with E-state index in [1.54, 1.807) is 12.1 Å². The molecule has 1 aromatic heterocycles. The lowest BCUT2D eigenvalue weighted by molar-refractivity contribution is -0.137. The first-order chi connectivity index (χ1) is 9.08. The predicted molar refractivity (Wildman–Crippen MR) is 66.7 cm³/mol. The first-order valence-corrected chi connectivity index (χ1v) is 5.40. The van der Waals surface area contributed by atoms with Crippen LogP contribution in [0, 0.1) is 0 Å². The van der Waals surface area contributed by atoms with Crippen LogP contribution in [-0.4, -0.2) is 34.8 Å². The number of carbonyl (C=O) groups is 1. The number of carboxylic acids is 1. The Balaban J connectivity index is 2.78. The van der Waals surface area contributed by atoms with E-state index in [1.165, 1.54) is 20.5 Å². The molecule has 1 N–H and O–H groups in total. The molecular weight excluding hydrogens is 252 g/mol. The fourth-order valence-corrected chi connectivity index (χ4v) is 1.82. The number of fused-ring (bicyclic) bond motifs is 1. The van der Waals surface area contributed by atoms with Gasteiger partial charge in [0, 0.05) is 0 Å². The average Bonchev–Trinajstić information content (AvgIpc) is 2.40. The van der Waals surface area contributed by atoms with Crippen LogP contribution >= 0.6 is 0 Å². The third-order valence-corrected chi connectivity index (χ3v) is 2.64. The third-order valence-electron chi connectivity index (χ3n) is 2.64. The Morgan fingerprint density at radius 3 is 2.68 bits per heavy atom. The second-order valence-electron chi connectivity index (χ2n) is 3.77. The summed E-state index contributed by atoms with van der Waals surface area (Å²) >= 11 is 0. The van der Waals surface area contributed by atoms with Crippen molar-refractivity contribution in [1.29, 1.82) is 0 Å². The number of benzene rings is 1. The van der Waals surface area contributed by atoms with Crippen LogP contribution in [0.15, 0.2) is 23.3 Å². The average molecular weight is 264 g/mol. The summed E-state index contributed by atoms with van der Waals surface area (Å²) in [4.78, 5) is 27.0. The topological polar surface area (TPSA) is 90.7 Å². The molecule has 7 heteroatoms. The van der Waals surface area contributed by atoms with Gasteiger partial charge in [-0.2, -0.15) is 0 Å². The number of ether oxygens (including phenoxy) is 2. The van der Waals surface area contributed by atoms with Crippen molar-refractivity contribution in [2.75, 3.05) is 14.2 Å². The largest absolute Gasteiger partial charge is 0.493 e. The molecule has 0 radical (unpaired) electrons. The maximum absolute atomic E-state index is 12.2. The highest BCUT2D eigenvalue weighted by Gasteiger charge is 2.15. The van der Waals surface area contributed by atoms with E-state index >= 15 is 0 Å². The van der Waals surface area contributed by atoms with Crippen LogP contribution < -0.4 is 15.0 Å². The molecule has 0 saturated carbocycles. The molecule has 0 amide bonds. The molecular formula is C12H12N2O5. The van der Waals surface area contributed by atoms with Crippen molar-refractivity contribution in [2.24, 2.45) is 0 Å². The number of aromatic nitrogens is 2. The fourth-order valence-electron chi connectivity index (χ4n) is 1.82. The fraction of sp³-hybridized carbons (Fsp3) is 0.250. The Labute approximate surface area is 108 Å². The Morgan fingerprint density at radius 1 is 1.37 bits per heavy atom. The minimum absolute atomic E-state index is 0.200. The van der Waals surface area contributed by atoms with Gasteiger partial charge in [-0.25, -0.2) is 4.98 Å². The maximum Gasteiger partial charge on any atom is 0.323 e. The van der Waals surface area contributed by atoms with E-state index in [0.717, 1.165) is 4.57 Å². The summed E-state index contributed by atoms with van der Waals surface area (Å²) < 4.78 is 11.3. The highest BCUT2D eigenvalue weighted by molar-refractivity contribution is 5.87. The number of aliphatic carboxylic acids is 1. The highest BCUT2D eigenvalue weighted by atomic mass is 16.5. The Hall–Kier alpha value is -2.57. The highest BCUT2D eigenvalue weighted by Crippen LogP contribution is 2.32. The quantitative estimate of drug-likeness (QED) is 0.864. The number of rotatable bonds is 4. The minimum atomic E-state index is -1.12. The van der Waals surface area contributed by atoms with Crippen LogP contribution in [0.3, 0.4) is 0 Å². The number of hydrogen-bond acceptors (Lipinski definition) is 5. The summed E-state index contributed by atoms with van der Waals surface area (Å²) in [5, 5.41) is 8.95. The van der Waals surface area contributed by atoms with Crippen LogP contribution in [0.4, 0.5) is 0 Å². The molecule has 0 aliphatic heterocycles. The molecule has 1 aromatic carbocycles. The van der Waals surface area contributed by atoms with Gasteiger partial charge in [-0.3, -0.25) is 14.2 Å². The summed E-state index contributed by atoms with van der Waals surface area (Å²) in [5.74, 6) is -0.482. The molecule has 0 aliphatic carbocycles. The predicted octanol–water partition coefficient (Wildman–Crippen LogP) is 0.498. The molecule has 0 spiro atoms. The summed E-state index contributed by atoms with van der Waals surface area (Å²) in [6, 6.07) is 3.25. The molecule has 0 atom stereocenters. The van der Waals surface area contributed by atoms with E-state index < -0.39 is 18.1 Å². The van der Waals surface area contributed by atoms with Crippen molar-refractivity contribution < 1.29 is 19.4 Å². The van der Waals surface area contributed by atoms with Gasteiger partial charge in [0.05, 0.1) is 26.1 Å². The van der Waals surface area contributed by atoms with Crippen LogP contribution in [0.2, 0.25) is 0 Å². The van der Waals surface area contributed by atoms with E-state index in [9.17, 15) is 9.59 Å². The second-order valence-corrected chi connectivity index (χ2v) is 3.77. The van der Waals surface area contributed by atoms with E-state index in [-0.39, 0.29) is 11.1 Å². The molecule has 0 bridgehead atoms. The van der Waals surface area contributed by atoms with Gasteiger partial charge in [0.25, 0.3) is 5.56 Å². The van der Waals surface area contributed by atoms with Gasteiger partial charge in [0.1, 0.15) is 11.9 Å². The standard InChI is InChI=1S/C12H12N2O5/c1-18-8-4-3-7-10(11(8)19-2)12(17)14(6-13-7)5-9(15)16/h3-4,6H,5H2,1-2H3,(H,15,16). The van der Waals surface area contributed by atoms with Gasteiger partial charge in [0.2, 0.25) is 0 Å². The first kappa shape index (κ1) is 12.9. The molecule has 0 saturated heterocycles. The second kappa shape index (κ2) is 4.97. The zero-order chi connectivity index (χ0) is 14.0. The van der Waals surface area contributed by atoms with E-state index in [2.05, 4.69) is 4.98 Å². The van der Waals surface area contributed by atoms with Crippen molar-refractivity contribution in [3.63, 3.8) is 0 Å². The van der Waals surface area contributed by atoms with E-state index in [1.807, 2.05) is 0 Å². The van der Waals surface area contributed by atoms with Crippen LogP contribution in [0.5, 0.6) is 11.5 Å². The van der Waals surface area contributed by atoms with Crippen molar-refractivity contribution in [3.05, 3.63) is 28.8 Å². The van der Waals surface area contributed by atoms with Gasteiger partial charge in [-0.15, -0.1) is 0 Å². The molecule has 0 aliphatic rings. The molecule has 2 rings (SSSR count). The molecule has 0 fully saturated rings. The molecule has 0 unspecified atom stereocenters. The van der Waals surface area contributed by atoms with Crippen molar-refractivity contribution >= 4 is 16.9 Å². The molecule has 2 aromatic rings. The van der Waals surface area contributed by atoms with E-state index in [0.29, 0.717) is 11.3 Å². The SMILES string of the molecule is COc1ccc2ncn(CC(=O)O)c(=O)c2c1OC. The zero-order valence-corrected chi connectivity index (χ0v) is 10.4. The van der Waals surface area contributed by atoms with Gasteiger partial charge in [-0.1, -0.05) is 0 Å². The number of methoxy groups -OCH3 is 2. The van der Waals surface area contributed by atoms with E-state index in [4.69, 9.17) is 14.6 Å². The zero-order valence-electron chi connectivity index (χ0n) is 10.4. The normalized spacial score (nSPS) is 10.4. The minimum Gasteiger partial charge on any atom is -0.493 e. The summed E-state index contributed by atoms with van der Waals surface area (Å²) in [5.41, 5.74) is -0.0626. The number of carboxylic acid groups (broad SMARTS) is 1. The van der Waals surface area contributed by atoms with Crippen LogP contribution in [0.1, 0.15) is 0 Å². The van der Waals surface area contributed by atoms with Gasteiger partial charge < -0.3 is 14.6 Å². The third kappa shape index (κ3) is 2.22. The number of nitrogens with zero attached hydrogens (tertiary/aromatic N) is 2. The first-order valence-electron chi connectivity index (χ1n) is 5.40. The molecule has 100 valence electrons. The van der Waals surface area contributed by atoms with Gasteiger partial charge in [0.15, 0.2) is 11.5 Å². The smallest absolute Gasteiger partial charge is 0.323 e. The maximum atomic E-state index is 12.2. The summed E-state index contributed by atoms with van der Waals surface area (Å²) in [6.07, 6.45) is 1.20. The van der Waals surface area contributed by atoms with Crippen molar-refractivity contribution in [3.8, 4) is 11.5 Å². The van der Waals surface area contributed by atoms with Crippen molar-refractivity contribution in [1.82, 2.24) is 9.55 Å². The summed E-state index contributed by atoms with van der Waals surface area (Å²) in [6.45, 7) is -0.456. The molecule has 7 nitrogen and oxygen atoms in total. The Bertz CT molecular complexity index is 692. The van der Waals surface area contributed by atoms with Crippen LogP contribution in [0.25, 0.3) is 10.9 Å². The lowest BCUT2D eigenvalue weighted by atomic mass is 10.2. The summed E-state index contributed by atoms with van der Waals surface area (Å²) in [7, 11) is 2.86. The number of hydrogen-bond donors (Lipinski definition) is 1. The molecule has 1 heterocycles. The lowest BCUT2D eigenvalue weighted by Crippen LogP contribution is -2.24.